The van der Waals surface area contributed by atoms with E-state index in [1.165, 1.54) is 18.4 Å². The Bertz CT molecular complexity index is 355. The fourth-order valence-corrected chi connectivity index (χ4v) is 2.67. The quantitative estimate of drug-likeness (QED) is 0.341. The third-order valence-electron chi connectivity index (χ3n) is 4.02. The maximum absolute atomic E-state index is 5.51. The third-order valence-corrected chi connectivity index (χ3v) is 4.02. The second kappa shape index (κ2) is 15.5. The summed E-state index contributed by atoms with van der Waals surface area (Å²) in [5.74, 6) is 0. The van der Waals surface area contributed by atoms with E-state index in [1.807, 2.05) is 0 Å². The van der Waals surface area contributed by atoms with E-state index in [0.29, 0.717) is 0 Å². The molecular formula is C19H37N5. The number of rotatable bonds is 16. The van der Waals surface area contributed by atoms with Crippen molar-refractivity contribution in [1.82, 2.24) is 15.5 Å². The molecule has 0 fully saturated rings. The molecule has 138 valence electrons. The van der Waals surface area contributed by atoms with Gasteiger partial charge in [-0.25, -0.2) is 0 Å². The van der Waals surface area contributed by atoms with Gasteiger partial charge in [0.1, 0.15) is 0 Å². The van der Waals surface area contributed by atoms with Crippen molar-refractivity contribution in [1.29, 1.82) is 0 Å². The Morgan fingerprint density at radius 1 is 0.708 bits per heavy atom. The minimum atomic E-state index is 0.768. The molecule has 6 N–H and O–H groups in total. The van der Waals surface area contributed by atoms with E-state index in [1.54, 1.807) is 0 Å². The van der Waals surface area contributed by atoms with Crippen LogP contribution in [0.5, 0.6) is 0 Å². The van der Waals surface area contributed by atoms with Crippen LogP contribution in [0.15, 0.2) is 30.3 Å². The van der Waals surface area contributed by atoms with E-state index in [9.17, 15) is 0 Å². The Balaban J connectivity index is 2.24. The number of nitrogens with two attached hydrogens (primary N) is 2. The lowest BCUT2D eigenvalue weighted by Gasteiger charge is -2.22. The summed E-state index contributed by atoms with van der Waals surface area (Å²) in [6.07, 6.45) is 4.47. The number of nitrogens with zero attached hydrogens (tertiary/aromatic N) is 1. The van der Waals surface area contributed by atoms with Crippen LogP contribution in [0.25, 0.3) is 0 Å². The highest BCUT2D eigenvalue weighted by molar-refractivity contribution is 5.14. The second-order valence-corrected chi connectivity index (χ2v) is 6.25. The van der Waals surface area contributed by atoms with Crippen molar-refractivity contribution in [3.05, 3.63) is 35.9 Å². The summed E-state index contributed by atoms with van der Waals surface area (Å²) in [7, 11) is 0. The largest absolute Gasteiger partial charge is 0.330 e. The Morgan fingerprint density at radius 3 is 1.71 bits per heavy atom. The lowest BCUT2D eigenvalue weighted by atomic mass is 10.2. The zero-order valence-corrected chi connectivity index (χ0v) is 15.2. The fraction of sp³-hybridized carbons (Fsp3) is 0.684. The summed E-state index contributed by atoms with van der Waals surface area (Å²) < 4.78 is 0. The highest BCUT2D eigenvalue weighted by Gasteiger charge is 2.05. The average Bonchev–Trinajstić information content (AvgIpc) is 2.61. The third kappa shape index (κ3) is 11.5. The monoisotopic (exact) mass is 335 g/mol. The molecule has 0 aliphatic rings. The number of nitrogens with one attached hydrogen (secondary N) is 2. The number of benzene rings is 1. The van der Waals surface area contributed by atoms with Gasteiger partial charge in [0.25, 0.3) is 0 Å². The first-order valence-electron chi connectivity index (χ1n) is 9.44. The molecule has 1 aromatic rings. The van der Waals surface area contributed by atoms with Crippen LogP contribution in [0.1, 0.15) is 31.2 Å². The predicted molar refractivity (Wildman–Crippen MR) is 104 cm³/mol. The lowest BCUT2D eigenvalue weighted by molar-refractivity contribution is 0.256. The van der Waals surface area contributed by atoms with Gasteiger partial charge in [-0.05, 0) is 83.6 Å². The molecular weight excluding hydrogens is 298 g/mol. The molecule has 0 radical (unpaired) electrons. The first-order valence-corrected chi connectivity index (χ1v) is 9.44. The summed E-state index contributed by atoms with van der Waals surface area (Å²) in [5.41, 5.74) is 12.4. The van der Waals surface area contributed by atoms with Gasteiger partial charge in [0.2, 0.25) is 0 Å². The fourth-order valence-electron chi connectivity index (χ4n) is 2.67. The van der Waals surface area contributed by atoms with Crippen molar-refractivity contribution < 1.29 is 0 Å². The summed E-state index contributed by atoms with van der Waals surface area (Å²) in [4.78, 5) is 2.56. The van der Waals surface area contributed by atoms with Gasteiger partial charge < -0.3 is 22.1 Å². The normalized spacial score (nSPS) is 11.3. The van der Waals surface area contributed by atoms with Gasteiger partial charge in [0.15, 0.2) is 0 Å². The Hall–Kier alpha value is -0.980. The van der Waals surface area contributed by atoms with Gasteiger partial charge in [-0.3, -0.25) is 4.90 Å². The van der Waals surface area contributed by atoms with Crippen molar-refractivity contribution in [2.75, 3.05) is 52.4 Å². The van der Waals surface area contributed by atoms with Crippen molar-refractivity contribution in [2.24, 2.45) is 11.5 Å². The van der Waals surface area contributed by atoms with Crippen molar-refractivity contribution in [2.45, 2.75) is 32.2 Å². The minimum absolute atomic E-state index is 0.768. The second-order valence-electron chi connectivity index (χ2n) is 6.25. The van der Waals surface area contributed by atoms with Gasteiger partial charge in [-0.1, -0.05) is 30.3 Å². The predicted octanol–water partition coefficient (Wildman–Crippen LogP) is 1.15. The topological polar surface area (TPSA) is 79.3 Å². The molecule has 0 aliphatic heterocycles. The van der Waals surface area contributed by atoms with Crippen LogP contribution in [0.3, 0.4) is 0 Å². The molecule has 0 spiro atoms. The average molecular weight is 336 g/mol. The molecule has 5 heteroatoms. The lowest BCUT2D eigenvalue weighted by Crippen LogP contribution is -2.31. The Labute approximate surface area is 148 Å². The highest BCUT2D eigenvalue weighted by Crippen LogP contribution is 2.05. The van der Waals surface area contributed by atoms with E-state index >= 15 is 0 Å². The van der Waals surface area contributed by atoms with Crippen LogP contribution >= 0.6 is 0 Å². The van der Waals surface area contributed by atoms with Gasteiger partial charge in [-0.15, -0.1) is 0 Å². The molecule has 1 aromatic carbocycles. The van der Waals surface area contributed by atoms with E-state index in [-0.39, 0.29) is 0 Å². The molecule has 0 unspecified atom stereocenters. The molecule has 0 heterocycles. The van der Waals surface area contributed by atoms with E-state index in [0.717, 1.165) is 71.7 Å². The van der Waals surface area contributed by atoms with E-state index in [4.69, 9.17) is 11.5 Å². The summed E-state index contributed by atoms with van der Waals surface area (Å²) in [6, 6.07) is 10.8. The Kier molecular flexibility index (Phi) is 13.6. The molecule has 0 saturated carbocycles. The standard InChI is InChI=1S/C19H37N5/c20-10-4-12-22-14-6-16-24(17-7-15-23-13-5-11-21)18-19-8-2-1-3-9-19/h1-3,8-9,22-23H,4-7,10-18,20-21H2. The first-order chi connectivity index (χ1) is 11.9. The van der Waals surface area contributed by atoms with Gasteiger partial charge in [-0.2, -0.15) is 0 Å². The van der Waals surface area contributed by atoms with Crippen molar-refractivity contribution in [3.8, 4) is 0 Å². The van der Waals surface area contributed by atoms with E-state index in [2.05, 4.69) is 45.9 Å². The van der Waals surface area contributed by atoms with Gasteiger partial charge >= 0.3 is 0 Å². The van der Waals surface area contributed by atoms with Gasteiger partial charge in [0.05, 0.1) is 0 Å². The molecule has 5 nitrogen and oxygen atoms in total. The van der Waals surface area contributed by atoms with Crippen molar-refractivity contribution in [3.63, 3.8) is 0 Å². The number of hydrogen-bond acceptors (Lipinski definition) is 5. The molecule has 0 aliphatic carbocycles. The zero-order valence-electron chi connectivity index (χ0n) is 15.2. The SMILES string of the molecule is NCCCNCCCN(CCCNCCCN)Cc1ccccc1. The molecule has 0 saturated heterocycles. The van der Waals surface area contributed by atoms with Crippen LogP contribution in [0, 0.1) is 0 Å². The molecule has 0 bridgehead atoms. The molecule has 0 amide bonds. The van der Waals surface area contributed by atoms with Crippen LogP contribution in [0.2, 0.25) is 0 Å². The first kappa shape index (κ1) is 21.1. The van der Waals surface area contributed by atoms with E-state index < -0.39 is 0 Å². The maximum Gasteiger partial charge on any atom is 0.0233 e. The van der Waals surface area contributed by atoms with Crippen LogP contribution in [-0.4, -0.2) is 57.3 Å². The molecule has 1 rings (SSSR count). The minimum Gasteiger partial charge on any atom is -0.330 e. The molecule has 24 heavy (non-hydrogen) atoms. The van der Waals surface area contributed by atoms with Crippen molar-refractivity contribution >= 4 is 0 Å². The zero-order chi connectivity index (χ0) is 17.3. The summed E-state index contributed by atoms with van der Waals surface area (Å²) in [5, 5.41) is 6.93. The smallest absolute Gasteiger partial charge is 0.0233 e. The van der Waals surface area contributed by atoms with Gasteiger partial charge in [0, 0.05) is 6.54 Å². The van der Waals surface area contributed by atoms with Crippen LogP contribution < -0.4 is 22.1 Å². The molecule has 0 aromatic heterocycles. The van der Waals surface area contributed by atoms with Crippen LogP contribution in [-0.2, 0) is 6.54 Å². The summed E-state index contributed by atoms with van der Waals surface area (Å²) in [6.45, 7) is 9.03. The maximum atomic E-state index is 5.51. The van der Waals surface area contributed by atoms with Crippen LogP contribution in [0.4, 0.5) is 0 Å². The highest BCUT2D eigenvalue weighted by atomic mass is 15.1. The summed E-state index contributed by atoms with van der Waals surface area (Å²) >= 11 is 0. The number of hydrogen-bond donors (Lipinski definition) is 4. The Morgan fingerprint density at radius 2 is 1.21 bits per heavy atom. The molecule has 0 atom stereocenters.